The number of hydrogen-bond acceptors (Lipinski definition) is 0. The molecule has 0 bridgehead atoms. The maximum Gasteiger partial charge on any atom is 0.0996 e. The SMILES string of the molecule is C=CC=CC=C(F)CC. The van der Waals surface area contributed by atoms with Crippen LogP contribution in [-0.2, 0) is 0 Å². The highest BCUT2D eigenvalue weighted by atomic mass is 19.1. The molecule has 0 saturated carbocycles. The first kappa shape index (κ1) is 8.15. The normalized spacial score (nSPS) is 12.4. The van der Waals surface area contributed by atoms with Crippen molar-refractivity contribution in [2.75, 3.05) is 0 Å². The second-order valence-corrected chi connectivity index (χ2v) is 1.59. The van der Waals surface area contributed by atoms with E-state index < -0.39 is 0 Å². The van der Waals surface area contributed by atoms with Crippen molar-refractivity contribution in [3.63, 3.8) is 0 Å². The van der Waals surface area contributed by atoms with Crippen LogP contribution in [0.15, 0.2) is 36.7 Å². The van der Waals surface area contributed by atoms with Gasteiger partial charge in [0.05, 0.1) is 5.83 Å². The summed E-state index contributed by atoms with van der Waals surface area (Å²) < 4.78 is 12.2. The number of halogens is 1. The molecule has 0 N–H and O–H groups in total. The second kappa shape index (κ2) is 5.29. The van der Waals surface area contributed by atoms with E-state index in [4.69, 9.17) is 0 Å². The minimum absolute atomic E-state index is 0.104. The molecule has 0 radical (unpaired) electrons. The number of hydrogen-bond donors (Lipinski definition) is 0. The quantitative estimate of drug-likeness (QED) is 0.510. The van der Waals surface area contributed by atoms with Crippen LogP contribution in [-0.4, -0.2) is 0 Å². The fourth-order valence-corrected chi connectivity index (χ4v) is 0.356. The molecule has 0 amide bonds. The minimum atomic E-state index is -0.104. The third-order valence-corrected chi connectivity index (χ3v) is 0.862. The lowest BCUT2D eigenvalue weighted by Gasteiger charge is -1.82. The van der Waals surface area contributed by atoms with Gasteiger partial charge in [0.15, 0.2) is 0 Å². The summed E-state index contributed by atoms with van der Waals surface area (Å²) in [6, 6.07) is 0. The fraction of sp³-hybridized carbons (Fsp3) is 0.250. The van der Waals surface area contributed by atoms with Gasteiger partial charge in [-0.05, 0) is 12.5 Å². The number of allylic oxidation sites excluding steroid dienone is 5. The van der Waals surface area contributed by atoms with Crippen LogP contribution in [0.3, 0.4) is 0 Å². The highest BCUT2D eigenvalue weighted by Crippen LogP contribution is 2.00. The van der Waals surface area contributed by atoms with Crippen molar-refractivity contribution in [2.45, 2.75) is 13.3 Å². The van der Waals surface area contributed by atoms with Crippen molar-refractivity contribution < 1.29 is 4.39 Å². The van der Waals surface area contributed by atoms with E-state index in [-0.39, 0.29) is 5.83 Å². The molecule has 0 aromatic carbocycles. The molecule has 0 atom stereocenters. The van der Waals surface area contributed by atoms with Crippen LogP contribution in [0.1, 0.15) is 13.3 Å². The van der Waals surface area contributed by atoms with E-state index in [1.54, 1.807) is 25.2 Å². The Bertz CT molecular complexity index is 132. The van der Waals surface area contributed by atoms with Crippen molar-refractivity contribution in [2.24, 2.45) is 0 Å². The largest absolute Gasteiger partial charge is 0.212 e. The Morgan fingerprint density at radius 2 is 2.22 bits per heavy atom. The summed E-state index contributed by atoms with van der Waals surface area (Å²) in [7, 11) is 0. The Morgan fingerprint density at radius 1 is 1.56 bits per heavy atom. The maximum absolute atomic E-state index is 12.2. The Labute approximate surface area is 55.4 Å². The lowest BCUT2D eigenvalue weighted by Crippen LogP contribution is -1.63. The lowest BCUT2D eigenvalue weighted by molar-refractivity contribution is 0.604. The van der Waals surface area contributed by atoms with Gasteiger partial charge in [-0.25, -0.2) is 4.39 Å². The van der Waals surface area contributed by atoms with Crippen molar-refractivity contribution in [3.8, 4) is 0 Å². The van der Waals surface area contributed by atoms with Gasteiger partial charge in [-0.1, -0.05) is 31.7 Å². The summed E-state index contributed by atoms with van der Waals surface area (Å²) in [6.07, 6.45) is 6.82. The van der Waals surface area contributed by atoms with Crippen LogP contribution < -0.4 is 0 Å². The van der Waals surface area contributed by atoms with Crippen LogP contribution in [0.25, 0.3) is 0 Å². The molecule has 0 rings (SSSR count). The Balaban J connectivity index is 3.67. The van der Waals surface area contributed by atoms with Gasteiger partial charge < -0.3 is 0 Å². The van der Waals surface area contributed by atoms with E-state index >= 15 is 0 Å². The summed E-state index contributed by atoms with van der Waals surface area (Å²) in [4.78, 5) is 0. The third kappa shape index (κ3) is 5.01. The van der Waals surface area contributed by atoms with Crippen LogP contribution >= 0.6 is 0 Å². The fourth-order valence-electron chi connectivity index (χ4n) is 0.356. The zero-order chi connectivity index (χ0) is 7.11. The van der Waals surface area contributed by atoms with Crippen molar-refractivity contribution >= 4 is 0 Å². The third-order valence-electron chi connectivity index (χ3n) is 0.862. The van der Waals surface area contributed by atoms with Crippen molar-refractivity contribution in [1.29, 1.82) is 0 Å². The average molecular weight is 126 g/mol. The Hall–Kier alpha value is -0.850. The van der Waals surface area contributed by atoms with E-state index in [1.165, 1.54) is 6.08 Å². The first-order valence-corrected chi connectivity index (χ1v) is 2.95. The maximum atomic E-state index is 12.2. The lowest BCUT2D eigenvalue weighted by atomic mass is 10.3. The molecular weight excluding hydrogens is 115 g/mol. The molecule has 0 aliphatic heterocycles. The van der Waals surface area contributed by atoms with Gasteiger partial charge in [-0.15, -0.1) is 0 Å². The number of rotatable bonds is 3. The van der Waals surface area contributed by atoms with Gasteiger partial charge >= 0.3 is 0 Å². The standard InChI is InChI=1S/C8H11F/c1-3-5-6-7-8(9)4-2/h3,5-7H,1,4H2,2H3. The molecule has 0 saturated heterocycles. The van der Waals surface area contributed by atoms with Gasteiger partial charge in [0, 0.05) is 0 Å². The summed E-state index contributed by atoms with van der Waals surface area (Å²) in [6.45, 7) is 5.22. The van der Waals surface area contributed by atoms with Crippen LogP contribution in [0.5, 0.6) is 0 Å². The van der Waals surface area contributed by atoms with Crippen molar-refractivity contribution in [3.05, 3.63) is 36.7 Å². The first-order chi connectivity index (χ1) is 4.31. The van der Waals surface area contributed by atoms with Gasteiger partial charge in [0.25, 0.3) is 0 Å². The van der Waals surface area contributed by atoms with Gasteiger partial charge in [-0.2, -0.15) is 0 Å². The molecule has 0 fully saturated rings. The molecule has 0 nitrogen and oxygen atoms in total. The zero-order valence-electron chi connectivity index (χ0n) is 5.60. The van der Waals surface area contributed by atoms with Crippen LogP contribution in [0.2, 0.25) is 0 Å². The second-order valence-electron chi connectivity index (χ2n) is 1.59. The predicted molar refractivity (Wildman–Crippen MR) is 38.8 cm³/mol. The molecule has 0 aliphatic rings. The molecule has 0 aromatic rings. The Morgan fingerprint density at radius 3 is 2.67 bits per heavy atom. The van der Waals surface area contributed by atoms with Gasteiger partial charge in [0.1, 0.15) is 0 Å². The van der Waals surface area contributed by atoms with Crippen LogP contribution in [0, 0.1) is 0 Å². The topological polar surface area (TPSA) is 0 Å². The zero-order valence-corrected chi connectivity index (χ0v) is 5.60. The smallest absolute Gasteiger partial charge is 0.0996 e. The molecule has 50 valence electrons. The van der Waals surface area contributed by atoms with Gasteiger partial charge in [0.2, 0.25) is 0 Å². The monoisotopic (exact) mass is 126 g/mol. The van der Waals surface area contributed by atoms with Crippen molar-refractivity contribution in [1.82, 2.24) is 0 Å². The molecule has 9 heavy (non-hydrogen) atoms. The molecule has 0 spiro atoms. The highest BCUT2D eigenvalue weighted by molar-refractivity contribution is 5.11. The molecule has 0 unspecified atom stereocenters. The average Bonchev–Trinajstić information content (AvgIpc) is 1.89. The summed E-state index contributed by atoms with van der Waals surface area (Å²) in [5.74, 6) is -0.104. The van der Waals surface area contributed by atoms with E-state index in [2.05, 4.69) is 6.58 Å². The summed E-state index contributed by atoms with van der Waals surface area (Å²) in [5, 5.41) is 0. The molecule has 0 aromatic heterocycles. The molecule has 1 heteroatoms. The molecular formula is C8H11F. The Kier molecular flexibility index (Phi) is 4.79. The van der Waals surface area contributed by atoms with Gasteiger partial charge in [-0.3, -0.25) is 0 Å². The van der Waals surface area contributed by atoms with E-state index in [9.17, 15) is 4.39 Å². The minimum Gasteiger partial charge on any atom is -0.212 e. The summed E-state index contributed by atoms with van der Waals surface area (Å²) >= 11 is 0. The highest BCUT2D eigenvalue weighted by Gasteiger charge is 1.81. The van der Waals surface area contributed by atoms with E-state index in [1.807, 2.05) is 0 Å². The van der Waals surface area contributed by atoms with E-state index in [0.29, 0.717) is 6.42 Å². The van der Waals surface area contributed by atoms with E-state index in [0.717, 1.165) is 0 Å². The molecule has 0 heterocycles. The predicted octanol–water partition coefficient (Wildman–Crippen LogP) is 2.99. The first-order valence-electron chi connectivity index (χ1n) is 2.95. The summed E-state index contributed by atoms with van der Waals surface area (Å²) in [5.41, 5.74) is 0. The van der Waals surface area contributed by atoms with Crippen LogP contribution in [0.4, 0.5) is 4.39 Å². The molecule has 0 aliphatic carbocycles.